The lowest BCUT2D eigenvalue weighted by Crippen LogP contribution is -2.49. The maximum absolute atomic E-state index is 2.42. The molecule has 4 rings (SSSR count). The lowest BCUT2D eigenvalue weighted by atomic mass is 9.76. The molecule has 17 heavy (non-hydrogen) atoms. The molecule has 0 radical (unpaired) electrons. The van der Waals surface area contributed by atoms with Crippen LogP contribution in [-0.2, 0) is 0 Å². The third-order valence-electron chi connectivity index (χ3n) is 3.93. The molecule has 0 spiro atoms. The number of pyridine rings is 1. The van der Waals surface area contributed by atoms with Crippen molar-refractivity contribution in [1.82, 2.24) is 0 Å². The molecule has 1 nitrogen and oxygen atoms in total. The van der Waals surface area contributed by atoms with Crippen LogP contribution in [0.2, 0.25) is 0 Å². The van der Waals surface area contributed by atoms with Crippen molar-refractivity contribution in [3.8, 4) is 11.3 Å². The van der Waals surface area contributed by atoms with Crippen molar-refractivity contribution < 1.29 is 4.57 Å². The molecule has 0 bridgehead atoms. The number of aromatic nitrogens is 1. The monoisotopic (exact) mass is 220 g/mol. The molecule has 1 aromatic carbocycles. The molecule has 2 atom stereocenters. The molecule has 1 aromatic heterocycles. The Morgan fingerprint density at radius 3 is 2.71 bits per heavy atom. The SMILES string of the molecule is Cc1ccc2[n+](c1)C1C=CC1c1ccccc1-2. The van der Waals surface area contributed by atoms with E-state index in [1.807, 2.05) is 0 Å². The van der Waals surface area contributed by atoms with Gasteiger partial charge in [0.15, 0.2) is 12.2 Å². The zero-order valence-electron chi connectivity index (χ0n) is 9.80. The van der Waals surface area contributed by atoms with Crippen molar-refractivity contribution in [1.29, 1.82) is 0 Å². The van der Waals surface area contributed by atoms with Gasteiger partial charge < -0.3 is 0 Å². The predicted molar refractivity (Wildman–Crippen MR) is 67.7 cm³/mol. The Labute approximate surface area is 101 Å². The average molecular weight is 220 g/mol. The molecule has 0 saturated carbocycles. The van der Waals surface area contributed by atoms with Crippen LogP contribution in [0, 0.1) is 6.92 Å². The van der Waals surface area contributed by atoms with Gasteiger partial charge in [-0.05, 0) is 30.7 Å². The first-order valence-electron chi connectivity index (χ1n) is 6.14. The van der Waals surface area contributed by atoms with Crippen molar-refractivity contribution in [3.63, 3.8) is 0 Å². The Balaban J connectivity index is 2.07. The molecular formula is C16H14N+. The van der Waals surface area contributed by atoms with E-state index in [2.05, 4.69) is 66.2 Å². The number of hydrogen-bond donors (Lipinski definition) is 0. The Kier molecular flexibility index (Phi) is 1.66. The summed E-state index contributed by atoms with van der Waals surface area (Å²) in [4.78, 5) is 0. The van der Waals surface area contributed by atoms with Crippen molar-refractivity contribution in [3.05, 3.63) is 65.9 Å². The smallest absolute Gasteiger partial charge is 0.191 e. The van der Waals surface area contributed by atoms with E-state index < -0.39 is 0 Å². The predicted octanol–water partition coefficient (Wildman–Crippen LogP) is 3.16. The number of nitrogens with zero attached hydrogens (tertiary/aromatic N) is 1. The van der Waals surface area contributed by atoms with Gasteiger partial charge in [-0.3, -0.25) is 0 Å². The summed E-state index contributed by atoms with van der Waals surface area (Å²) in [5.74, 6) is 0.575. The third kappa shape index (κ3) is 1.11. The lowest BCUT2D eigenvalue weighted by Gasteiger charge is -2.32. The van der Waals surface area contributed by atoms with E-state index >= 15 is 0 Å². The highest BCUT2D eigenvalue weighted by atomic mass is 15.0. The van der Waals surface area contributed by atoms with Gasteiger partial charge in [-0.1, -0.05) is 24.3 Å². The highest BCUT2D eigenvalue weighted by molar-refractivity contribution is 5.65. The molecule has 82 valence electrons. The van der Waals surface area contributed by atoms with Gasteiger partial charge in [0.25, 0.3) is 0 Å². The fourth-order valence-electron chi connectivity index (χ4n) is 3.00. The highest BCUT2D eigenvalue weighted by Crippen LogP contribution is 2.44. The lowest BCUT2D eigenvalue weighted by molar-refractivity contribution is -0.709. The van der Waals surface area contributed by atoms with Crippen molar-refractivity contribution in [2.45, 2.75) is 18.9 Å². The third-order valence-corrected chi connectivity index (χ3v) is 3.93. The topological polar surface area (TPSA) is 3.88 Å². The molecule has 1 heteroatoms. The van der Waals surface area contributed by atoms with Crippen LogP contribution in [0.4, 0.5) is 0 Å². The first-order valence-corrected chi connectivity index (χ1v) is 6.14. The molecule has 0 amide bonds. The molecule has 2 unspecified atom stereocenters. The zero-order chi connectivity index (χ0) is 11.4. The molecule has 1 aliphatic heterocycles. The number of fused-ring (bicyclic) bond motifs is 6. The van der Waals surface area contributed by atoms with Gasteiger partial charge in [0, 0.05) is 11.6 Å². The quantitative estimate of drug-likeness (QED) is 0.474. The summed E-state index contributed by atoms with van der Waals surface area (Å²) in [6.07, 6.45) is 6.90. The molecule has 0 N–H and O–H groups in total. The maximum Gasteiger partial charge on any atom is 0.213 e. The van der Waals surface area contributed by atoms with Crippen LogP contribution in [0.5, 0.6) is 0 Å². The van der Waals surface area contributed by atoms with Crippen LogP contribution in [0.25, 0.3) is 11.3 Å². The fourth-order valence-corrected chi connectivity index (χ4v) is 3.00. The number of rotatable bonds is 0. The van der Waals surface area contributed by atoms with Crippen molar-refractivity contribution in [2.24, 2.45) is 0 Å². The van der Waals surface area contributed by atoms with E-state index in [-0.39, 0.29) is 0 Å². The number of hydrogen-bond acceptors (Lipinski definition) is 0. The van der Waals surface area contributed by atoms with Crippen molar-refractivity contribution in [2.75, 3.05) is 0 Å². The summed E-state index contributed by atoms with van der Waals surface area (Å²) in [5, 5.41) is 0. The van der Waals surface area contributed by atoms with Gasteiger partial charge in [0.2, 0.25) is 5.69 Å². The van der Waals surface area contributed by atoms with Gasteiger partial charge in [-0.2, -0.15) is 4.57 Å². The molecule has 2 aliphatic rings. The largest absolute Gasteiger partial charge is 0.213 e. The van der Waals surface area contributed by atoms with Crippen LogP contribution < -0.4 is 4.57 Å². The second kappa shape index (κ2) is 3.07. The molecule has 0 saturated heterocycles. The average Bonchev–Trinajstić information content (AvgIpc) is 2.28. The normalized spacial score (nSPS) is 23.4. The molecular weight excluding hydrogens is 206 g/mol. The number of benzene rings is 1. The Morgan fingerprint density at radius 2 is 1.88 bits per heavy atom. The van der Waals surface area contributed by atoms with Gasteiger partial charge in [-0.25, -0.2) is 0 Å². The Hall–Kier alpha value is -1.89. The van der Waals surface area contributed by atoms with E-state index in [0.717, 1.165) is 0 Å². The van der Waals surface area contributed by atoms with E-state index in [0.29, 0.717) is 12.0 Å². The second-order valence-electron chi connectivity index (χ2n) is 4.99. The Morgan fingerprint density at radius 1 is 1.00 bits per heavy atom. The summed E-state index contributed by atoms with van der Waals surface area (Å²) in [7, 11) is 0. The van der Waals surface area contributed by atoms with Crippen LogP contribution in [-0.4, -0.2) is 0 Å². The summed E-state index contributed by atoms with van der Waals surface area (Å²) in [5.41, 5.74) is 5.53. The van der Waals surface area contributed by atoms with Gasteiger partial charge >= 0.3 is 0 Å². The fraction of sp³-hybridized carbons (Fsp3) is 0.188. The minimum absolute atomic E-state index is 0.528. The van der Waals surface area contributed by atoms with Crippen LogP contribution in [0.15, 0.2) is 54.7 Å². The minimum atomic E-state index is 0.528. The van der Waals surface area contributed by atoms with Gasteiger partial charge in [0.05, 0.1) is 11.5 Å². The summed E-state index contributed by atoms with van der Waals surface area (Å²) in [6, 6.07) is 13.7. The molecule has 2 aromatic rings. The second-order valence-corrected chi connectivity index (χ2v) is 4.99. The van der Waals surface area contributed by atoms with E-state index in [1.54, 1.807) is 0 Å². The van der Waals surface area contributed by atoms with Gasteiger partial charge in [-0.15, -0.1) is 0 Å². The van der Waals surface area contributed by atoms with Gasteiger partial charge in [0.1, 0.15) is 0 Å². The zero-order valence-corrected chi connectivity index (χ0v) is 9.80. The van der Waals surface area contributed by atoms with Crippen LogP contribution in [0.1, 0.15) is 23.1 Å². The minimum Gasteiger partial charge on any atom is -0.191 e. The standard InChI is InChI=1S/C16H14N/c1-11-6-8-15-13-5-3-2-4-12(13)14-7-9-16(14)17(15)10-11/h2-10,14,16H,1H3/q+1. The number of allylic oxidation sites excluding steroid dienone is 2. The van der Waals surface area contributed by atoms with Crippen molar-refractivity contribution >= 4 is 0 Å². The first-order chi connectivity index (χ1) is 8.34. The maximum atomic E-state index is 2.42. The summed E-state index contributed by atoms with van der Waals surface area (Å²) >= 11 is 0. The molecule has 2 heterocycles. The molecule has 1 aliphatic carbocycles. The number of aryl methyl sites for hydroxylation is 1. The first kappa shape index (κ1) is 9.17. The van der Waals surface area contributed by atoms with Crippen LogP contribution in [0.3, 0.4) is 0 Å². The summed E-state index contributed by atoms with van der Waals surface area (Å²) < 4.78 is 2.42. The highest BCUT2D eigenvalue weighted by Gasteiger charge is 2.41. The van der Waals surface area contributed by atoms with Crippen LogP contribution >= 0.6 is 0 Å². The van der Waals surface area contributed by atoms with E-state index in [9.17, 15) is 0 Å². The Bertz CT molecular complexity index is 640. The van der Waals surface area contributed by atoms with E-state index in [1.165, 1.54) is 22.4 Å². The summed E-state index contributed by atoms with van der Waals surface area (Å²) in [6.45, 7) is 2.16. The van der Waals surface area contributed by atoms with E-state index in [4.69, 9.17) is 0 Å². The molecule has 0 fully saturated rings.